The van der Waals surface area contributed by atoms with Gasteiger partial charge in [0.05, 0.1) is 16.6 Å². The van der Waals surface area contributed by atoms with Crippen molar-refractivity contribution in [2.24, 2.45) is 0 Å². The van der Waals surface area contributed by atoms with Crippen LogP contribution in [0.1, 0.15) is 16.2 Å². The van der Waals surface area contributed by atoms with Crippen molar-refractivity contribution in [2.45, 2.75) is 6.54 Å². The van der Waals surface area contributed by atoms with E-state index in [2.05, 4.69) is 20.6 Å². The van der Waals surface area contributed by atoms with E-state index in [1.165, 1.54) is 0 Å². The van der Waals surface area contributed by atoms with Crippen molar-refractivity contribution in [3.8, 4) is 5.75 Å². The topological polar surface area (TPSA) is 96.1 Å². The lowest BCUT2D eigenvalue weighted by Gasteiger charge is -2.20. The Morgan fingerprint density at radius 3 is 3.00 bits per heavy atom. The normalized spacial score (nSPS) is 12.8. The number of nitrogens with one attached hydrogen (secondary N) is 3. The number of thiocarbonyl (C=S) groups is 1. The Kier molecular flexibility index (Phi) is 4.10. The van der Waals surface area contributed by atoms with Crippen molar-refractivity contribution < 1.29 is 9.53 Å². The first-order chi connectivity index (χ1) is 12.6. The molecule has 0 spiro atoms. The van der Waals surface area contributed by atoms with Gasteiger partial charge in [0, 0.05) is 6.54 Å². The summed E-state index contributed by atoms with van der Waals surface area (Å²) in [6.45, 7) is 0.635. The summed E-state index contributed by atoms with van der Waals surface area (Å²) in [6.07, 6.45) is 0. The molecule has 2 aromatic carbocycles. The van der Waals surface area contributed by atoms with E-state index in [9.17, 15) is 9.59 Å². The summed E-state index contributed by atoms with van der Waals surface area (Å²) >= 11 is 5.10. The number of para-hydroxylation sites is 1. The minimum absolute atomic E-state index is 0.0192. The highest BCUT2D eigenvalue weighted by Crippen LogP contribution is 2.28. The van der Waals surface area contributed by atoms with Crippen molar-refractivity contribution in [3.05, 3.63) is 64.2 Å². The molecule has 1 amide bonds. The van der Waals surface area contributed by atoms with E-state index in [0.29, 0.717) is 28.2 Å². The van der Waals surface area contributed by atoms with Crippen molar-refractivity contribution in [1.82, 2.24) is 15.3 Å². The van der Waals surface area contributed by atoms with Gasteiger partial charge in [-0.05, 0) is 29.8 Å². The number of aromatic nitrogens is 2. The summed E-state index contributed by atoms with van der Waals surface area (Å²) in [5.41, 5.74) is 1.76. The van der Waals surface area contributed by atoms with Crippen molar-refractivity contribution in [2.75, 3.05) is 11.9 Å². The zero-order valence-corrected chi connectivity index (χ0v) is 14.4. The fourth-order valence-electron chi connectivity index (χ4n) is 2.70. The number of benzene rings is 2. The summed E-state index contributed by atoms with van der Waals surface area (Å²) in [7, 11) is 0. The van der Waals surface area contributed by atoms with E-state index >= 15 is 0 Å². The number of amides is 1. The number of anilines is 1. The second-order valence-corrected chi connectivity index (χ2v) is 6.27. The number of rotatable bonds is 3. The molecule has 26 heavy (non-hydrogen) atoms. The molecule has 0 bridgehead atoms. The molecule has 3 aromatic rings. The number of H-pyrrole nitrogens is 1. The third-order valence-corrected chi connectivity index (χ3v) is 4.18. The highest BCUT2D eigenvalue weighted by atomic mass is 32.1. The van der Waals surface area contributed by atoms with Gasteiger partial charge in [-0.2, -0.15) is 0 Å². The van der Waals surface area contributed by atoms with Crippen LogP contribution in [0.2, 0.25) is 0 Å². The van der Waals surface area contributed by atoms with E-state index < -0.39 is 5.91 Å². The Morgan fingerprint density at radius 1 is 1.27 bits per heavy atom. The highest BCUT2D eigenvalue weighted by molar-refractivity contribution is 7.80. The molecule has 0 atom stereocenters. The van der Waals surface area contributed by atoms with Gasteiger partial charge in [0.15, 0.2) is 5.82 Å². The predicted molar refractivity (Wildman–Crippen MR) is 102 cm³/mol. The molecule has 0 saturated heterocycles. The Labute approximate surface area is 153 Å². The molecule has 0 aliphatic carbocycles. The van der Waals surface area contributed by atoms with Crippen LogP contribution in [-0.2, 0) is 6.54 Å². The molecular weight excluding hydrogens is 352 g/mol. The predicted octanol–water partition coefficient (Wildman–Crippen LogP) is 1.98. The number of fused-ring (bicyclic) bond motifs is 2. The third kappa shape index (κ3) is 3.14. The maximum atomic E-state index is 12.3. The van der Waals surface area contributed by atoms with Crippen LogP contribution in [0.5, 0.6) is 5.75 Å². The standard InChI is InChI=1S/C18H14N4O3S/c23-17-11-3-1-2-4-12(11)21-16(22-17)18(24)19-8-10-5-6-14-13(7-10)20-15(26)9-25-14/h1-7H,8-9H2,(H,19,24)(H,20,26)(H,21,22,23). The first-order valence-corrected chi connectivity index (χ1v) is 8.34. The summed E-state index contributed by atoms with van der Waals surface area (Å²) in [5, 5.41) is 6.28. The monoisotopic (exact) mass is 366 g/mol. The molecule has 0 saturated carbocycles. The van der Waals surface area contributed by atoms with Crippen LogP contribution in [0.3, 0.4) is 0 Å². The highest BCUT2D eigenvalue weighted by Gasteiger charge is 2.15. The molecule has 0 unspecified atom stereocenters. The Morgan fingerprint density at radius 2 is 2.12 bits per heavy atom. The van der Waals surface area contributed by atoms with Crippen LogP contribution in [0.25, 0.3) is 10.9 Å². The second kappa shape index (κ2) is 6.57. The molecular formula is C18H14N4O3S. The molecule has 1 aliphatic rings. The molecule has 1 aromatic heterocycles. The van der Waals surface area contributed by atoms with Crippen LogP contribution in [0.4, 0.5) is 5.69 Å². The van der Waals surface area contributed by atoms with Gasteiger partial charge >= 0.3 is 0 Å². The molecule has 130 valence electrons. The molecule has 4 rings (SSSR count). The number of ether oxygens (including phenoxy) is 1. The minimum atomic E-state index is -0.453. The average molecular weight is 366 g/mol. The molecule has 0 fully saturated rings. The summed E-state index contributed by atoms with van der Waals surface area (Å²) in [5.74, 6) is 0.244. The summed E-state index contributed by atoms with van der Waals surface area (Å²) < 4.78 is 5.50. The zero-order valence-electron chi connectivity index (χ0n) is 13.5. The molecule has 1 aliphatic heterocycles. The van der Waals surface area contributed by atoms with Crippen molar-refractivity contribution >= 4 is 39.7 Å². The molecule has 3 N–H and O–H groups in total. The van der Waals surface area contributed by atoms with Gasteiger partial charge in [-0.15, -0.1) is 0 Å². The Balaban J connectivity index is 1.52. The molecule has 0 radical (unpaired) electrons. The van der Waals surface area contributed by atoms with Gasteiger partial charge in [0.1, 0.15) is 17.3 Å². The van der Waals surface area contributed by atoms with Crippen LogP contribution in [0, 0.1) is 0 Å². The van der Waals surface area contributed by atoms with Gasteiger partial charge in [-0.3, -0.25) is 9.59 Å². The van der Waals surface area contributed by atoms with Gasteiger partial charge in [0.2, 0.25) is 0 Å². The largest absolute Gasteiger partial charge is 0.484 e. The Hall–Kier alpha value is -3.26. The number of hydrogen-bond acceptors (Lipinski definition) is 5. The van der Waals surface area contributed by atoms with E-state index in [1.54, 1.807) is 24.3 Å². The zero-order chi connectivity index (χ0) is 18.1. The molecule has 8 heteroatoms. The fourth-order valence-corrected chi connectivity index (χ4v) is 2.87. The van der Waals surface area contributed by atoms with Crippen molar-refractivity contribution in [3.63, 3.8) is 0 Å². The van der Waals surface area contributed by atoms with E-state index in [-0.39, 0.29) is 17.9 Å². The van der Waals surface area contributed by atoms with Crippen LogP contribution < -0.4 is 20.9 Å². The van der Waals surface area contributed by atoms with Gasteiger partial charge in [-0.1, -0.05) is 30.4 Å². The smallest absolute Gasteiger partial charge is 0.287 e. The lowest BCUT2D eigenvalue weighted by molar-refractivity contribution is 0.0940. The number of hydrogen-bond donors (Lipinski definition) is 3. The Bertz CT molecular complexity index is 1090. The van der Waals surface area contributed by atoms with Gasteiger partial charge < -0.3 is 20.4 Å². The third-order valence-electron chi connectivity index (χ3n) is 3.96. The van der Waals surface area contributed by atoms with Crippen LogP contribution >= 0.6 is 12.2 Å². The maximum Gasteiger partial charge on any atom is 0.287 e. The minimum Gasteiger partial charge on any atom is -0.484 e. The van der Waals surface area contributed by atoms with Crippen LogP contribution in [-0.4, -0.2) is 27.5 Å². The number of carbonyl (C=O) groups excluding carboxylic acids is 1. The SMILES string of the molecule is O=C(NCc1ccc2c(c1)NC(=S)CO2)c1nc2ccccc2c(=O)[nH]1. The van der Waals surface area contributed by atoms with Gasteiger partial charge in [-0.25, -0.2) is 4.98 Å². The first-order valence-electron chi connectivity index (χ1n) is 7.93. The van der Waals surface area contributed by atoms with E-state index in [1.807, 2.05) is 18.2 Å². The van der Waals surface area contributed by atoms with Crippen LogP contribution in [0.15, 0.2) is 47.3 Å². The molecule has 2 heterocycles. The number of nitrogens with zero attached hydrogens (tertiary/aromatic N) is 1. The average Bonchev–Trinajstić information content (AvgIpc) is 2.65. The number of carbonyl (C=O) groups is 1. The van der Waals surface area contributed by atoms with Crippen molar-refractivity contribution in [1.29, 1.82) is 0 Å². The lowest BCUT2D eigenvalue weighted by Crippen LogP contribution is -2.28. The number of aromatic amines is 1. The fraction of sp³-hybridized carbons (Fsp3) is 0.111. The van der Waals surface area contributed by atoms with E-state index in [0.717, 1.165) is 11.3 Å². The van der Waals surface area contributed by atoms with Gasteiger partial charge in [0.25, 0.3) is 11.5 Å². The molecule has 7 nitrogen and oxygen atoms in total. The summed E-state index contributed by atoms with van der Waals surface area (Å²) in [4.78, 5) is 31.7. The summed E-state index contributed by atoms with van der Waals surface area (Å²) in [6, 6.07) is 12.4. The maximum absolute atomic E-state index is 12.3. The second-order valence-electron chi connectivity index (χ2n) is 5.78. The lowest BCUT2D eigenvalue weighted by atomic mass is 10.1. The van der Waals surface area contributed by atoms with E-state index in [4.69, 9.17) is 17.0 Å². The quantitative estimate of drug-likeness (QED) is 0.614. The first kappa shape index (κ1) is 16.2.